The number of aromatic nitrogens is 3. The zero-order valence-corrected chi connectivity index (χ0v) is 28.9. The molecular formula is C34H40F2N6O6S. The normalized spacial score (nSPS) is 13.7. The Balaban J connectivity index is 0.00000101. The highest BCUT2D eigenvalue weighted by Crippen LogP contribution is 2.27. The van der Waals surface area contributed by atoms with Gasteiger partial charge in [-0.05, 0) is 44.2 Å². The molecule has 15 heteroatoms. The lowest BCUT2D eigenvalue weighted by atomic mass is 9.92. The summed E-state index contributed by atoms with van der Waals surface area (Å²) in [6, 6.07) is 15.7. The van der Waals surface area contributed by atoms with Crippen molar-refractivity contribution in [2.75, 3.05) is 30.0 Å². The van der Waals surface area contributed by atoms with Crippen LogP contribution in [0.15, 0.2) is 60.7 Å². The number of rotatable bonds is 6. The molecule has 2 aromatic carbocycles. The Labute approximate surface area is 284 Å². The van der Waals surface area contributed by atoms with Crippen LogP contribution in [-0.2, 0) is 15.5 Å². The number of hydrogen-bond acceptors (Lipinski definition) is 7. The van der Waals surface area contributed by atoms with Gasteiger partial charge in [0.2, 0.25) is 5.88 Å². The van der Waals surface area contributed by atoms with Gasteiger partial charge in [0.25, 0.3) is 16.0 Å². The van der Waals surface area contributed by atoms with Gasteiger partial charge in [0.05, 0.1) is 34.6 Å². The molecule has 0 bridgehead atoms. The van der Waals surface area contributed by atoms with E-state index in [1.807, 2.05) is 37.3 Å². The Hall–Kier alpha value is -4.89. The second kappa shape index (κ2) is 15.1. The highest BCUT2D eigenvalue weighted by Gasteiger charge is 2.27. The molecule has 0 spiro atoms. The smallest absolute Gasteiger partial charge is 0.324 e. The van der Waals surface area contributed by atoms with Crippen LogP contribution in [0.25, 0.3) is 5.69 Å². The third kappa shape index (κ3) is 10.5. The fraction of sp³-hybridized carbons (Fsp3) is 0.353. The lowest BCUT2D eigenvalue weighted by molar-refractivity contribution is 0.0583. The minimum absolute atomic E-state index is 0.149. The molecule has 1 aliphatic heterocycles. The molecule has 1 saturated heterocycles. The first kappa shape index (κ1) is 36.9. The molecule has 49 heavy (non-hydrogen) atoms. The van der Waals surface area contributed by atoms with Crippen LogP contribution in [0, 0.1) is 25.5 Å². The van der Waals surface area contributed by atoms with Gasteiger partial charge in [-0.3, -0.25) is 14.7 Å². The summed E-state index contributed by atoms with van der Waals surface area (Å²) in [7, 11) is -3.67. The highest BCUT2D eigenvalue weighted by atomic mass is 32.2. The number of urea groups is 1. The van der Waals surface area contributed by atoms with Crippen LogP contribution < -0.4 is 15.4 Å². The Bertz CT molecular complexity index is 1910. The van der Waals surface area contributed by atoms with Gasteiger partial charge in [-0.15, -0.1) is 0 Å². The summed E-state index contributed by atoms with van der Waals surface area (Å²) in [4.78, 5) is 31.8. The van der Waals surface area contributed by atoms with E-state index >= 15 is 0 Å². The van der Waals surface area contributed by atoms with Gasteiger partial charge in [-0.2, -0.15) is 13.5 Å². The molecule has 0 radical (unpaired) electrons. The summed E-state index contributed by atoms with van der Waals surface area (Å²) in [6.07, 6.45) is 1.59. The number of nitrogens with one attached hydrogen (secondary N) is 2. The Morgan fingerprint density at radius 3 is 2.16 bits per heavy atom. The zero-order chi connectivity index (χ0) is 36.1. The number of nitrogens with zero attached hydrogens (tertiary/aromatic N) is 4. The van der Waals surface area contributed by atoms with E-state index in [1.54, 1.807) is 23.7 Å². The summed E-state index contributed by atoms with van der Waals surface area (Å²) in [5.41, 5.74) is 3.52. The molecule has 2 aromatic heterocycles. The molecule has 12 nitrogen and oxygen atoms in total. The lowest BCUT2D eigenvalue weighted by Crippen LogP contribution is -2.42. The number of aryl methyl sites for hydroxylation is 2. The molecule has 5 rings (SSSR count). The molecule has 0 saturated carbocycles. The van der Waals surface area contributed by atoms with Gasteiger partial charge in [0.1, 0.15) is 23.6 Å². The van der Waals surface area contributed by atoms with E-state index in [9.17, 15) is 26.8 Å². The fourth-order valence-corrected chi connectivity index (χ4v) is 4.91. The van der Waals surface area contributed by atoms with Crippen LogP contribution in [0.4, 0.5) is 25.1 Å². The van der Waals surface area contributed by atoms with E-state index in [2.05, 4.69) is 36.4 Å². The van der Waals surface area contributed by atoms with Crippen molar-refractivity contribution < 1.29 is 36.1 Å². The summed E-state index contributed by atoms with van der Waals surface area (Å²) in [5, 5.41) is 10.5. The Morgan fingerprint density at radius 1 is 0.959 bits per heavy atom. The first-order chi connectivity index (χ1) is 22.9. The van der Waals surface area contributed by atoms with Crippen molar-refractivity contribution in [2.45, 2.75) is 59.0 Å². The van der Waals surface area contributed by atoms with Gasteiger partial charge in [-0.25, -0.2) is 23.2 Å². The molecular weight excluding hydrogens is 658 g/mol. The van der Waals surface area contributed by atoms with Crippen LogP contribution in [0.2, 0.25) is 0 Å². The summed E-state index contributed by atoms with van der Waals surface area (Å²) in [5.74, 6) is -1.14. The molecule has 262 valence electrons. The third-order valence-electron chi connectivity index (χ3n) is 7.48. The van der Waals surface area contributed by atoms with Crippen molar-refractivity contribution in [3.63, 3.8) is 0 Å². The number of carbonyl (C=O) groups is 2. The van der Waals surface area contributed by atoms with Crippen LogP contribution >= 0.6 is 0 Å². The van der Waals surface area contributed by atoms with Gasteiger partial charge in [0.15, 0.2) is 0 Å². The number of ether oxygens (including phenoxy) is 1. The Kier molecular flexibility index (Phi) is 11.4. The first-order valence-corrected chi connectivity index (χ1v) is 17.3. The quantitative estimate of drug-likeness (QED) is 0.199. The van der Waals surface area contributed by atoms with Crippen molar-refractivity contribution in [1.82, 2.24) is 19.7 Å². The molecule has 1 fully saturated rings. The number of carbonyl (C=O) groups excluding carboxylic acids is 2. The molecule has 0 unspecified atom stereocenters. The first-order valence-electron chi connectivity index (χ1n) is 15.4. The topological polar surface area (TPSA) is 156 Å². The largest absolute Gasteiger partial charge is 0.474 e. The van der Waals surface area contributed by atoms with Crippen LogP contribution in [-0.4, -0.2) is 70.0 Å². The predicted molar refractivity (Wildman–Crippen MR) is 182 cm³/mol. The number of anilines is 2. The van der Waals surface area contributed by atoms with Gasteiger partial charge < -0.3 is 15.0 Å². The molecule has 3 heterocycles. The van der Waals surface area contributed by atoms with Crippen molar-refractivity contribution in [3.8, 4) is 11.6 Å². The third-order valence-corrected chi connectivity index (χ3v) is 7.48. The van der Waals surface area contributed by atoms with E-state index in [0.717, 1.165) is 23.0 Å². The average Bonchev–Trinajstić information content (AvgIpc) is 3.42. The second-order valence-electron chi connectivity index (χ2n) is 12.7. The number of halogens is 2. The maximum absolute atomic E-state index is 14.1. The number of benzene rings is 2. The number of piperidine rings is 1. The monoisotopic (exact) mass is 698 g/mol. The maximum atomic E-state index is 14.1. The number of amides is 3. The standard InChI is InChI=1S/C33H36F2N6O3.CH4O3S/c1-20-6-9-23(10-7-20)41-29(19-28(39-41)33(3,4)5)38-32(43)37-27-12-13-30(36-21(27)2)44-24-14-16-40(17-15-24)31(42)25-11-8-22(34)18-26(25)35;1-5(2,3)4/h6-13,18-19,24H,14-17H2,1-5H3,(H2,37,38,43);1H3,(H,2,3,4). The number of pyridine rings is 1. The fourth-order valence-electron chi connectivity index (χ4n) is 4.91. The van der Waals surface area contributed by atoms with E-state index < -0.39 is 33.7 Å². The molecule has 4 aromatic rings. The van der Waals surface area contributed by atoms with Gasteiger partial charge in [0, 0.05) is 49.5 Å². The predicted octanol–water partition coefficient (Wildman–Crippen LogP) is 6.29. The van der Waals surface area contributed by atoms with Gasteiger partial charge >= 0.3 is 6.03 Å². The zero-order valence-electron chi connectivity index (χ0n) is 28.1. The Morgan fingerprint density at radius 2 is 1.59 bits per heavy atom. The van der Waals surface area contributed by atoms with E-state index in [0.29, 0.717) is 61.3 Å². The number of likely N-dealkylation sites (tertiary alicyclic amines) is 1. The maximum Gasteiger partial charge on any atom is 0.324 e. The molecule has 0 aliphatic carbocycles. The number of hydrogen-bond donors (Lipinski definition) is 3. The second-order valence-corrected chi connectivity index (χ2v) is 14.2. The summed E-state index contributed by atoms with van der Waals surface area (Å²) >= 11 is 0. The van der Waals surface area contributed by atoms with Crippen LogP contribution in [0.1, 0.15) is 60.9 Å². The van der Waals surface area contributed by atoms with Crippen LogP contribution in [0.3, 0.4) is 0 Å². The van der Waals surface area contributed by atoms with E-state index in [4.69, 9.17) is 14.4 Å². The summed E-state index contributed by atoms with van der Waals surface area (Å²) in [6.45, 7) is 10.7. The SMILES string of the molecule is CS(=O)(=O)O.Cc1ccc(-n2nc(C(C)(C)C)cc2NC(=O)Nc2ccc(OC3CCN(C(=O)c4ccc(F)cc4F)CC3)nc2C)cc1. The molecule has 3 N–H and O–H groups in total. The van der Waals surface area contributed by atoms with Crippen molar-refractivity contribution >= 4 is 33.6 Å². The van der Waals surface area contributed by atoms with Crippen LogP contribution in [0.5, 0.6) is 5.88 Å². The van der Waals surface area contributed by atoms with Crippen molar-refractivity contribution in [1.29, 1.82) is 0 Å². The van der Waals surface area contributed by atoms with E-state index in [-0.39, 0.29) is 17.1 Å². The minimum Gasteiger partial charge on any atom is -0.474 e. The van der Waals surface area contributed by atoms with Crippen molar-refractivity contribution in [3.05, 3.63) is 94.8 Å². The molecule has 0 atom stereocenters. The lowest BCUT2D eigenvalue weighted by Gasteiger charge is -2.32. The van der Waals surface area contributed by atoms with E-state index in [1.165, 1.54) is 11.0 Å². The average molecular weight is 699 g/mol. The van der Waals surface area contributed by atoms with Gasteiger partial charge in [-0.1, -0.05) is 38.5 Å². The highest BCUT2D eigenvalue weighted by molar-refractivity contribution is 7.85. The minimum atomic E-state index is -3.67. The molecule has 1 aliphatic rings. The summed E-state index contributed by atoms with van der Waals surface area (Å²) < 4.78 is 60.9. The molecule has 3 amide bonds. The van der Waals surface area contributed by atoms with Crippen molar-refractivity contribution in [2.24, 2.45) is 0 Å².